The van der Waals surface area contributed by atoms with Crippen molar-refractivity contribution in [1.82, 2.24) is 20.1 Å². The van der Waals surface area contributed by atoms with E-state index in [9.17, 15) is 4.79 Å². The first-order valence-corrected chi connectivity index (χ1v) is 9.02. The lowest BCUT2D eigenvalue weighted by Gasteiger charge is -2.30. The van der Waals surface area contributed by atoms with Crippen LogP contribution in [0.3, 0.4) is 0 Å². The number of nitrogens with zero attached hydrogens (tertiary/aromatic N) is 3. The summed E-state index contributed by atoms with van der Waals surface area (Å²) in [5.74, 6) is 0.785. The molecule has 0 saturated carbocycles. The summed E-state index contributed by atoms with van der Waals surface area (Å²) in [6, 6.07) is 9.94. The molecule has 134 valence electrons. The molecule has 3 aromatic rings. The van der Waals surface area contributed by atoms with Crippen molar-refractivity contribution in [3.8, 4) is 11.3 Å². The molecule has 0 amide bonds. The van der Waals surface area contributed by atoms with Crippen molar-refractivity contribution in [3.63, 3.8) is 0 Å². The van der Waals surface area contributed by atoms with Crippen molar-refractivity contribution in [1.29, 1.82) is 0 Å². The number of benzene rings is 1. The number of anilines is 1. The zero-order valence-corrected chi connectivity index (χ0v) is 15.1. The van der Waals surface area contributed by atoms with Crippen LogP contribution in [0.5, 0.6) is 0 Å². The molecule has 2 N–H and O–H groups in total. The third-order valence-electron chi connectivity index (χ3n) is 4.96. The van der Waals surface area contributed by atoms with E-state index < -0.39 is 0 Å². The van der Waals surface area contributed by atoms with Crippen molar-refractivity contribution in [2.75, 3.05) is 25.5 Å². The number of hydrogen-bond acceptors (Lipinski definition) is 5. The molecule has 1 aromatic carbocycles. The predicted molar refractivity (Wildman–Crippen MR) is 104 cm³/mol. The normalized spacial score (nSPS) is 18.2. The second kappa shape index (κ2) is 6.88. The van der Waals surface area contributed by atoms with E-state index in [2.05, 4.69) is 32.4 Å². The third kappa shape index (κ3) is 3.20. The number of likely N-dealkylation sites (N-methyl/N-ethyl adjacent to an activating group) is 1. The summed E-state index contributed by atoms with van der Waals surface area (Å²) < 4.78 is 0. The Morgan fingerprint density at radius 1 is 1.23 bits per heavy atom. The average Bonchev–Trinajstić information content (AvgIpc) is 2.63. The molecule has 4 rings (SSSR count). The van der Waals surface area contributed by atoms with Crippen molar-refractivity contribution in [2.24, 2.45) is 0 Å². The number of likely N-dealkylation sites (tertiary alicyclic amines) is 1. The molecule has 1 fully saturated rings. The highest BCUT2D eigenvalue weighted by molar-refractivity contribution is 5.99. The van der Waals surface area contributed by atoms with E-state index in [-0.39, 0.29) is 5.43 Å². The first-order valence-electron chi connectivity index (χ1n) is 9.02. The molecular weight excluding hydrogens is 326 g/mol. The minimum atomic E-state index is -0.0460. The van der Waals surface area contributed by atoms with Crippen LogP contribution in [-0.2, 0) is 0 Å². The molecule has 1 aliphatic heterocycles. The summed E-state index contributed by atoms with van der Waals surface area (Å²) in [4.78, 5) is 17.8. The maximum absolute atomic E-state index is 12.4. The van der Waals surface area contributed by atoms with Crippen LogP contribution >= 0.6 is 0 Å². The van der Waals surface area contributed by atoms with Gasteiger partial charge in [-0.15, -0.1) is 10.2 Å². The highest BCUT2D eigenvalue weighted by Crippen LogP contribution is 2.29. The topological polar surface area (TPSA) is 73.9 Å². The van der Waals surface area contributed by atoms with Crippen molar-refractivity contribution in [3.05, 3.63) is 52.4 Å². The average molecular weight is 349 g/mol. The van der Waals surface area contributed by atoms with Crippen LogP contribution in [0.4, 0.5) is 5.82 Å². The van der Waals surface area contributed by atoms with E-state index in [0.29, 0.717) is 17.3 Å². The van der Waals surface area contributed by atoms with Gasteiger partial charge in [-0.1, -0.05) is 24.3 Å². The number of nitrogens with one attached hydrogen (secondary N) is 2. The quantitative estimate of drug-likeness (QED) is 0.761. The Labute approximate surface area is 152 Å². The van der Waals surface area contributed by atoms with Crippen LogP contribution in [0.1, 0.15) is 18.5 Å². The maximum Gasteiger partial charge on any atom is 0.191 e. The maximum atomic E-state index is 12.4. The molecule has 0 aliphatic carbocycles. The zero-order valence-electron chi connectivity index (χ0n) is 15.1. The van der Waals surface area contributed by atoms with Crippen LogP contribution in [0.25, 0.3) is 22.0 Å². The van der Waals surface area contributed by atoms with Gasteiger partial charge in [-0.05, 0) is 33.4 Å². The molecule has 0 bridgehead atoms. The van der Waals surface area contributed by atoms with Crippen LogP contribution in [0.15, 0.2) is 41.3 Å². The van der Waals surface area contributed by atoms with Gasteiger partial charge in [-0.25, -0.2) is 0 Å². The van der Waals surface area contributed by atoms with E-state index in [1.807, 2.05) is 31.2 Å². The molecule has 6 heteroatoms. The Morgan fingerprint density at radius 3 is 2.81 bits per heavy atom. The van der Waals surface area contributed by atoms with Gasteiger partial charge in [0.2, 0.25) is 0 Å². The monoisotopic (exact) mass is 349 g/mol. The van der Waals surface area contributed by atoms with E-state index in [4.69, 9.17) is 0 Å². The largest absolute Gasteiger partial charge is 0.364 e. The fourth-order valence-corrected chi connectivity index (χ4v) is 3.65. The number of aryl methyl sites for hydroxylation is 1. The van der Waals surface area contributed by atoms with E-state index in [1.165, 1.54) is 6.42 Å². The Morgan fingerprint density at radius 2 is 2.04 bits per heavy atom. The van der Waals surface area contributed by atoms with Gasteiger partial charge in [0.1, 0.15) is 5.69 Å². The van der Waals surface area contributed by atoms with Crippen LogP contribution in [0.2, 0.25) is 0 Å². The minimum Gasteiger partial charge on any atom is -0.364 e. The number of aromatic nitrogens is 3. The lowest BCUT2D eigenvalue weighted by Crippen LogP contribution is -2.40. The summed E-state index contributed by atoms with van der Waals surface area (Å²) >= 11 is 0. The second-order valence-electron chi connectivity index (χ2n) is 7.08. The molecule has 26 heavy (non-hydrogen) atoms. The first-order chi connectivity index (χ1) is 12.6. The second-order valence-corrected chi connectivity index (χ2v) is 7.08. The smallest absolute Gasteiger partial charge is 0.191 e. The van der Waals surface area contributed by atoms with Gasteiger partial charge < -0.3 is 15.2 Å². The highest BCUT2D eigenvalue weighted by Gasteiger charge is 2.19. The fraction of sp³-hybridized carbons (Fsp3) is 0.350. The summed E-state index contributed by atoms with van der Waals surface area (Å²) in [6.07, 6.45) is 4.02. The number of fused-ring (bicyclic) bond motifs is 1. The molecule has 1 saturated heterocycles. The van der Waals surface area contributed by atoms with Gasteiger partial charge in [0, 0.05) is 41.3 Å². The van der Waals surface area contributed by atoms with Gasteiger partial charge in [0.05, 0.1) is 5.56 Å². The molecule has 2 aromatic heterocycles. The van der Waals surface area contributed by atoms with Gasteiger partial charge >= 0.3 is 0 Å². The van der Waals surface area contributed by atoms with Crippen molar-refractivity contribution in [2.45, 2.75) is 25.8 Å². The Hall–Kier alpha value is -2.73. The number of hydrogen-bond donors (Lipinski definition) is 2. The molecule has 3 heterocycles. The SMILES string of the molecule is Cc1cc(=O)c(-c2nnc(NC3CCCN(C)C3)c3ccccc23)c[nH]1. The lowest BCUT2D eigenvalue weighted by atomic mass is 10.0. The predicted octanol–water partition coefficient (Wildman–Crippen LogP) is 2.80. The number of H-pyrrole nitrogens is 1. The van der Waals surface area contributed by atoms with Gasteiger partial charge in [-0.3, -0.25) is 4.79 Å². The zero-order chi connectivity index (χ0) is 18.1. The van der Waals surface area contributed by atoms with Crippen molar-refractivity contribution >= 4 is 16.6 Å². The third-order valence-corrected chi connectivity index (χ3v) is 4.96. The molecule has 1 atom stereocenters. The Bertz CT molecular complexity index is 997. The molecular formula is C20H23N5O. The van der Waals surface area contributed by atoms with Crippen molar-refractivity contribution < 1.29 is 0 Å². The Balaban J connectivity index is 1.77. The van der Waals surface area contributed by atoms with Crippen LogP contribution < -0.4 is 10.7 Å². The van der Waals surface area contributed by atoms with Crippen LogP contribution in [-0.4, -0.2) is 46.3 Å². The summed E-state index contributed by atoms with van der Waals surface area (Å²) in [5.41, 5.74) is 1.95. The summed E-state index contributed by atoms with van der Waals surface area (Å²) in [7, 11) is 2.14. The molecule has 1 aliphatic rings. The van der Waals surface area contributed by atoms with Gasteiger partial charge in [0.25, 0.3) is 0 Å². The summed E-state index contributed by atoms with van der Waals surface area (Å²) in [5, 5.41) is 14.3. The standard InChI is InChI=1S/C20H23N5O/c1-13-10-18(26)17(11-21-13)19-15-7-3-4-8-16(15)20(24-23-19)22-14-6-5-9-25(2)12-14/h3-4,7-8,10-11,14H,5-6,9,12H2,1-2H3,(H,21,26)(H,22,24). The van der Waals surface area contributed by atoms with Crippen LogP contribution in [0, 0.1) is 6.92 Å². The highest BCUT2D eigenvalue weighted by atomic mass is 16.1. The Kier molecular flexibility index (Phi) is 4.42. The molecule has 0 spiro atoms. The molecule has 1 unspecified atom stereocenters. The van der Waals surface area contributed by atoms with Gasteiger partial charge in [0.15, 0.2) is 11.2 Å². The summed E-state index contributed by atoms with van der Waals surface area (Å²) in [6.45, 7) is 4.00. The van der Waals surface area contributed by atoms with Gasteiger partial charge in [-0.2, -0.15) is 0 Å². The van der Waals surface area contributed by atoms with E-state index >= 15 is 0 Å². The van der Waals surface area contributed by atoms with E-state index in [0.717, 1.165) is 41.8 Å². The van der Waals surface area contributed by atoms with E-state index in [1.54, 1.807) is 12.3 Å². The number of aromatic amines is 1. The molecule has 0 radical (unpaired) electrons. The minimum absolute atomic E-state index is 0.0460. The number of piperidine rings is 1. The number of pyridine rings is 1. The first kappa shape index (κ1) is 16.7. The fourth-order valence-electron chi connectivity index (χ4n) is 3.65. The lowest BCUT2D eigenvalue weighted by molar-refractivity contribution is 0.261. The number of rotatable bonds is 3. The molecule has 6 nitrogen and oxygen atoms in total.